The maximum absolute atomic E-state index is 13.4. The molecule has 0 heterocycles. The molecule has 0 spiro atoms. The van der Waals surface area contributed by atoms with Crippen molar-refractivity contribution in [3.05, 3.63) is 0 Å². The van der Waals surface area contributed by atoms with E-state index in [1.165, 1.54) is 13.8 Å². The third kappa shape index (κ3) is 2.03. The molecule has 0 aromatic carbocycles. The van der Waals surface area contributed by atoms with Gasteiger partial charge in [-0.15, -0.1) is 0 Å². The van der Waals surface area contributed by atoms with Crippen LogP contribution in [0.25, 0.3) is 0 Å². The zero-order chi connectivity index (χ0) is 9.78. The van der Waals surface area contributed by atoms with Crippen LogP contribution in [0.2, 0.25) is 0 Å². The van der Waals surface area contributed by atoms with Crippen molar-refractivity contribution in [2.24, 2.45) is 0 Å². The van der Waals surface area contributed by atoms with Crippen LogP contribution in [0, 0.1) is 0 Å². The van der Waals surface area contributed by atoms with Gasteiger partial charge in [-0.25, -0.2) is 9.18 Å². The number of esters is 1. The van der Waals surface area contributed by atoms with E-state index in [4.69, 9.17) is 0 Å². The van der Waals surface area contributed by atoms with E-state index in [2.05, 4.69) is 4.74 Å². The fourth-order valence-electron chi connectivity index (χ4n) is 0.847. The minimum absolute atomic E-state index is 0.00255. The molecule has 0 bridgehead atoms. The van der Waals surface area contributed by atoms with Crippen molar-refractivity contribution in [3.8, 4) is 0 Å². The molecule has 0 aromatic heterocycles. The monoisotopic (exact) mass is 176 g/mol. The summed E-state index contributed by atoms with van der Waals surface area (Å²) in [7, 11) is 1.06. The maximum atomic E-state index is 13.4. The highest BCUT2D eigenvalue weighted by atomic mass is 19.1. The van der Waals surface area contributed by atoms with E-state index in [1.54, 1.807) is 0 Å². The molecule has 70 valence electrons. The lowest BCUT2D eigenvalue weighted by Crippen LogP contribution is -2.38. The number of ketones is 1. The van der Waals surface area contributed by atoms with Crippen molar-refractivity contribution in [1.29, 1.82) is 0 Å². The van der Waals surface area contributed by atoms with Crippen molar-refractivity contribution in [1.82, 2.24) is 0 Å². The molecule has 0 N–H and O–H groups in total. The molecule has 0 unspecified atom stereocenters. The number of rotatable bonds is 4. The van der Waals surface area contributed by atoms with Crippen LogP contribution < -0.4 is 0 Å². The summed E-state index contributed by atoms with van der Waals surface area (Å²) in [6.45, 7) is 3.04. The van der Waals surface area contributed by atoms with Gasteiger partial charge in [-0.05, 0) is 12.8 Å². The van der Waals surface area contributed by atoms with E-state index in [0.717, 1.165) is 7.11 Å². The Morgan fingerprint density at radius 1 is 1.33 bits per heavy atom. The van der Waals surface area contributed by atoms with E-state index in [9.17, 15) is 14.0 Å². The van der Waals surface area contributed by atoms with Crippen molar-refractivity contribution in [3.63, 3.8) is 0 Å². The van der Waals surface area contributed by atoms with Crippen LogP contribution in [0.5, 0.6) is 0 Å². The van der Waals surface area contributed by atoms with Crippen LogP contribution >= 0.6 is 0 Å². The van der Waals surface area contributed by atoms with Crippen LogP contribution in [-0.4, -0.2) is 24.5 Å². The fraction of sp³-hybridized carbons (Fsp3) is 0.750. The van der Waals surface area contributed by atoms with E-state index in [0.29, 0.717) is 0 Å². The second-order valence-electron chi connectivity index (χ2n) is 2.49. The number of ether oxygens (including phenoxy) is 1. The Bertz CT molecular complexity index is 185. The number of alkyl halides is 1. The average molecular weight is 176 g/mol. The third-order valence-corrected chi connectivity index (χ3v) is 1.90. The van der Waals surface area contributed by atoms with Gasteiger partial charge in [-0.2, -0.15) is 0 Å². The van der Waals surface area contributed by atoms with Gasteiger partial charge in [0, 0.05) is 0 Å². The second-order valence-corrected chi connectivity index (χ2v) is 2.49. The van der Waals surface area contributed by atoms with Gasteiger partial charge in [0.05, 0.1) is 7.11 Å². The lowest BCUT2D eigenvalue weighted by Gasteiger charge is -2.17. The number of carbonyl (C=O) groups is 2. The van der Waals surface area contributed by atoms with Gasteiger partial charge < -0.3 is 4.74 Å². The summed E-state index contributed by atoms with van der Waals surface area (Å²) in [5, 5.41) is 0. The van der Waals surface area contributed by atoms with E-state index in [-0.39, 0.29) is 12.8 Å². The largest absolute Gasteiger partial charge is 0.463 e. The molecule has 4 heteroatoms. The van der Waals surface area contributed by atoms with Gasteiger partial charge in [0.2, 0.25) is 0 Å². The number of Topliss-reactive ketones (excluding diaryl/α,β-unsaturated/α-hetero) is 1. The van der Waals surface area contributed by atoms with Gasteiger partial charge in [-0.1, -0.05) is 13.8 Å². The highest BCUT2D eigenvalue weighted by Gasteiger charge is 2.39. The van der Waals surface area contributed by atoms with Crippen molar-refractivity contribution < 1.29 is 18.7 Å². The second kappa shape index (κ2) is 4.18. The van der Waals surface area contributed by atoms with Crippen LogP contribution in [-0.2, 0) is 14.3 Å². The fourth-order valence-corrected chi connectivity index (χ4v) is 0.847. The first kappa shape index (κ1) is 11.1. The van der Waals surface area contributed by atoms with Crippen molar-refractivity contribution in [2.45, 2.75) is 32.4 Å². The summed E-state index contributed by atoms with van der Waals surface area (Å²) >= 11 is 0. The topological polar surface area (TPSA) is 43.4 Å². The Balaban J connectivity index is 4.53. The van der Waals surface area contributed by atoms with Gasteiger partial charge in [0.1, 0.15) is 0 Å². The van der Waals surface area contributed by atoms with Gasteiger partial charge in [0.25, 0.3) is 5.78 Å². The first-order valence-electron chi connectivity index (χ1n) is 3.83. The molecular formula is C8H13FO3. The SMILES string of the molecule is CCC(F)(CC)C(=O)C(=O)OC. The minimum atomic E-state index is -2.05. The van der Waals surface area contributed by atoms with E-state index in [1.807, 2.05) is 0 Å². The average Bonchev–Trinajstić information content (AvgIpc) is 2.14. The molecule has 0 saturated heterocycles. The van der Waals surface area contributed by atoms with Crippen molar-refractivity contribution in [2.75, 3.05) is 7.11 Å². The highest BCUT2D eigenvalue weighted by molar-refractivity contribution is 6.36. The summed E-state index contributed by atoms with van der Waals surface area (Å²) in [5.74, 6) is -2.20. The standard InChI is InChI=1S/C8H13FO3/c1-4-8(9,5-2)6(10)7(11)12-3/h4-5H2,1-3H3. The molecular weight excluding hydrogens is 163 g/mol. The van der Waals surface area contributed by atoms with Crippen LogP contribution in [0.15, 0.2) is 0 Å². The lowest BCUT2D eigenvalue weighted by atomic mass is 9.94. The molecule has 0 aromatic rings. The molecule has 0 saturated carbocycles. The third-order valence-electron chi connectivity index (χ3n) is 1.90. The molecule has 0 aliphatic rings. The molecule has 12 heavy (non-hydrogen) atoms. The normalized spacial score (nSPS) is 11.0. The number of hydrogen-bond donors (Lipinski definition) is 0. The van der Waals surface area contributed by atoms with Gasteiger partial charge >= 0.3 is 5.97 Å². The van der Waals surface area contributed by atoms with Crippen LogP contribution in [0.1, 0.15) is 26.7 Å². The summed E-state index contributed by atoms with van der Waals surface area (Å²) in [6, 6.07) is 0. The predicted octanol–water partition coefficient (Wildman–Crippen LogP) is 1.26. The number of methoxy groups -OCH3 is 1. The maximum Gasteiger partial charge on any atom is 0.377 e. The molecule has 0 aliphatic heterocycles. The van der Waals surface area contributed by atoms with Crippen LogP contribution in [0.3, 0.4) is 0 Å². The lowest BCUT2D eigenvalue weighted by molar-refractivity contribution is -0.157. The molecule has 0 rings (SSSR count). The Morgan fingerprint density at radius 3 is 2.00 bits per heavy atom. The molecule has 0 atom stereocenters. The highest BCUT2D eigenvalue weighted by Crippen LogP contribution is 2.21. The summed E-state index contributed by atoms with van der Waals surface area (Å²) < 4.78 is 17.6. The predicted molar refractivity (Wildman–Crippen MR) is 41.4 cm³/mol. The summed E-state index contributed by atoms with van der Waals surface area (Å²) in [4.78, 5) is 21.7. The first-order chi connectivity index (χ1) is 5.51. The molecule has 3 nitrogen and oxygen atoms in total. The van der Waals surface area contributed by atoms with Crippen LogP contribution in [0.4, 0.5) is 4.39 Å². The Morgan fingerprint density at radius 2 is 1.75 bits per heavy atom. The van der Waals surface area contributed by atoms with E-state index < -0.39 is 17.4 Å². The number of hydrogen-bond acceptors (Lipinski definition) is 3. The smallest absolute Gasteiger partial charge is 0.377 e. The zero-order valence-corrected chi connectivity index (χ0v) is 7.52. The van der Waals surface area contributed by atoms with Gasteiger partial charge in [0.15, 0.2) is 5.67 Å². The minimum Gasteiger partial charge on any atom is -0.463 e. The van der Waals surface area contributed by atoms with Crippen molar-refractivity contribution >= 4 is 11.8 Å². The molecule has 0 aliphatic carbocycles. The Labute approximate surface area is 70.9 Å². The quantitative estimate of drug-likeness (QED) is 0.478. The first-order valence-corrected chi connectivity index (χ1v) is 3.83. The number of halogens is 1. The zero-order valence-electron chi connectivity index (χ0n) is 7.52. The van der Waals surface area contributed by atoms with Gasteiger partial charge in [-0.3, -0.25) is 4.79 Å². The number of carbonyl (C=O) groups excluding carboxylic acids is 2. The molecule has 0 fully saturated rings. The van der Waals surface area contributed by atoms with E-state index >= 15 is 0 Å². The Hall–Kier alpha value is -0.930. The molecule has 0 amide bonds. The Kier molecular flexibility index (Phi) is 3.86. The molecule has 0 radical (unpaired) electrons. The summed E-state index contributed by atoms with van der Waals surface area (Å²) in [5.41, 5.74) is -2.05. The summed E-state index contributed by atoms with van der Waals surface area (Å²) in [6.07, 6.45) is -0.00509.